The molecule has 2 aromatic rings. The van der Waals surface area contributed by atoms with Crippen molar-refractivity contribution in [3.63, 3.8) is 0 Å². The summed E-state index contributed by atoms with van der Waals surface area (Å²) in [7, 11) is 1.62. The average Bonchev–Trinajstić information content (AvgIpc) is 2.46. The molecular formula is C17H20ClNO. The van der Waals surface area contributed by atoms with Crippen LogP contribution in [0, 0.1) is 6.92 Å². The van der Waals surface area contributed by atoms with Gasteiger partial charge in [0, 0.05) is 5.92 Å². The molecule has 0 heterocycles. The molecule has 0 amide bonds. The van der Waals surface area contributed by atoms with E-state index in [9.17, 15) is 0 Å². The molecule has 0 radical (unpaired) electrons. The van der Waals surface area contributed by atoms with Crippen molar-refractivity contribution in [1.29, 1.82) is 0 Å². The minimum absolute atomic E-state index is 0.306. The molecule has 0 aromatic heterocycles. The molecule has 0 saturated carbocycles. The monoisotopic (exact) mass is 289 g/mol. The normalized spacial score (nSPS) is 12.2. The van der Waals surface area contributed by atoms with Crippen molar-refractivity contribution in [3.05, 3.63) is 64.2 Å². The van der Waals surface area contributed by atoms with Crippen molar-refractivity contribution in [2.75, 3.05) is 13.7 Å². The maximum absolute atomic E-state index is 6.18. The van der Waals surface area contributed by atoms with Gasteiger partial charge in [0.25, 0.3) is 0 Å². The number of ether oxygens (including phenoxy) is 1. The topological polar surface area (TPSA) is 35.2 Å². The van der Waals surface area contributed by atoms with Crippen LogP contribution in [0.5, 0.6) is 5.75 Å². The van der Waals surface area contributed by atoms with Gasteiger partial charge in [-0.05, 0) is 48.7 Å². The number of rotatable bonds is 5. The largest absolute Gasteiger partial charge is 0.495 e. The predicted octanol–water partition coefficient (Wildman–Crippen LogP) is 3.94. The molecule has 0 bridgehead atoms. The molecular weight excluding hydrogens is 270 g/mol. The van der Waals surface area contributed by atoms with E-state index in [4.69, 9.17) is 22.1 Å². The minimum atomic E-state index is 0.306. The Hall–Kier alpha value is -1.51. The van der Waals surface area contributed by atoms with E-state index in [0.717, 1.165) is 6.42 Å². The molecule has 2 rings (SSSR count). The van der Waals surface area contributed by atoms with Crippen LogP contribution in [0.2, 0.25) is 5.02 Å². The van der Waals surface area contributed by atoms with E-state index in [1.807, 2.05) is 18.2 Å². The number of benzene rings is 2. The summed E-state index contributed by atoms with van der Waals surface area (Å²) >= 11 is 6.18. The van der Waals surface area contributed by atoms with Crippen LogP contribution in [0.3, 0.4) is 0 Å². The van der Waals surface area contributed by atoms with E-state index in [0.29, 0.717) is 23.2 Å². The minimum Gasteiger partial charge on any atom is -0.495 e. The molecule has 2 nitrogen and oxygen atoms in total. The van der Waals surface area contributed by atoms with Gasteiger partial charge in [-0.25, -0.2) is 0 Å². The standard InChI is InChI=1S/C17H20ClNO/c1-12-5-3-4-6-15(12)14(11-19)9-13-7-8-17(20-2)16(18)10-13/h3-8,10,14H,9,11,19H2,1-2H3. The van der Waals surface area contributed by atoms with Gasteiger partial charge in [0.2, 0.25) is 0 Å². The Morgan fingerprint density at radius 2 is 1.95 bits per heavy atom. The first-order valence-corrected chi connectivity index (χ1v) is 7.11. The van der Waals surface area contributed by atoms with Gasteiger partial charge in [-0.15, -0.1) is 0 Å². The summed E-state index contributed by atoms with van der Waals surface area (Å²) < 4.78 is 5.18. The number of nitrogens with two attached hydrogens (primary N) is 1. The highest BCUT2D eigenvalue weighted by Crippen LogP contribution is 2.28. The maximum atomic E-state index is 6.18. The van der Waals surface area contributed by atoms with Gasteiger partial charge >= 0.3 is 0 Å². The van der Waals surface area contributed by atoms with Gasteiger partial charge in [-0.1, -0.05) is 41.9 Å². The van der Waals surface area contributed by atoms with Gasteiger partial charge in [0.05, 0.1) is 12.1 Å². The van der Waals surface area contributed by atoms with Crippen LogP contribution in [0.15, 0.2) is 42.5 Å². The van der Waals surface area contributed by atoms with Gasteiger partial charge in [0.15, 0.2) is 0 Å². The third kappa shape index (κ3) is 3.33. The van der Waals surface area contributed by atoms with Crippen LogP contribution in [-0.2, 0) is 6.42 Å². The Bertz CT molecular complexity index is 583. The van der Waals surface area contributed by atoms with E-state index >= 15 is 0 Å². The van der Waals surface area contributed by atoms with Crippen molar-refractivity contribution in [3.8, 4) is 5.75 Å². The van der Waals surface area contributed by atoms with Crippen LogP contribution >= 0.6 is 11.6 Å². The quantitative estimate of drug-likeness (QED) is 0.905. The van der Waals surface area contributed by atoms with Crippen molar-refractivity contribution in [2.45, 2.75) is 19.3 Å². The van der Waals surface area contributed by atoms with E-state index in [2.05, 4.69) is 31.2 Å². The predicted molar refractivity (Wildman–Crippen MR) is 84.7 cm³/mol. The van der Waals surface area contributed by atoms with E-state index in [-0.39, 0.29) is 0 Å². The third-order valence-electron chi connectivity index (χ3n) is 3.61. The second-order valence-corrected chi connectivity index (χ2v) is 5.37. The zero-order chi connectivity index (χ0) is 14.5. The Morgan fingerprint density at radius 1 is 1.20 bits per heavy atom. The SMILES string of the molecule is COc1ccc(CC(CN)c2ccccc2C)cc1Cl. The molecule has 106 valence electrons. The van der Waals surface area contributed by atoms with Crippen LogP contribution in [0.1, 0.15) is 22.6 Å². The van der Waals surface area contributed by atoms with Gasteiger partial charge in [0.1, 0.15) is 5.75 Å². The second-order valence-electron chi connectivity index (χ2n) is 4.96. The lowest BCUT2D eigenvalue weighted by Crippen LogP contribution is -2.16. The molecule has 0 fully saturated rings. The molecule has 0 aliphatic carbocycles. The summed E-state index contributed by atoms with van der Waals surface area (Å²) in [5.41, 5.74) is 9.72. The van der Waals surface area contributed by atoms with E-state index in [1.165, 1.54) is 16.7 Å². The highest BCUT2D eigenvalue weighted by molar-refractivity contribution is 6.32. The summed E-state index contributed by atoms with van der Waals surface area (Å²) in [6.45, 7) is 2.74. The fraction of sp³-hybridized carbons (Fsp3) is 0.294. The first-order valence-electron chi connectivity index (χ1n) is 6.73. The van der Waals surface area contributed by atoms with Crippen LogP contribution < -0.4 is 10.5 Å². The van der Waals surface area contributed by atoms with Crippen molar-refractivity contribution in [1.82, 2.24) is 0 Å². The summed E-state index contributed by atoms with van der Waals surface area (Å²) in [6.07, 6.45) is 0.880. The molecule has 1 atom stereocenters. The number of aryl methyl sites for hydroxylation is 1. The Labute approximate surface area is 125 Å². The van der Waals surface area contributed by atoms with Gasteiger partial charge in [-0.2, -0.15) is 0 Å². The summed E-state index contributed by atoms with van der Waals surface area (Å²) in [5.74, 6) is 1.01. The number of hydrogen-bond acceptors (Lipinski definition) is 2. The highest BCUT2D eigenvalue weighted by atomic mass is 35.5. The smallest absolute Gasteiger partial charge is 0.137 e. The second kappa shape index (κ2) is 6.78. The first-order chi connectivity index (χ1) is 9.65. The molecule has 0 saturated heterocycles. The average molecular weight is 290 g/mol. The number of hydrogen-bond donors (Lipinski definition) is 1. The Balaban J connectivity index is 2.23. The van der Waals surface area contributed by atoms with Crippen molar-refractivity contribution >= 4 is 11.6 Å². The molecule has 0 aliphatic rings. The molecule has 0 aliphatic heterocycles. The van der Waals surface area contributed by atoms with Gasteiger partial charge < -0.3 is 10.5 Å². The Morgan fingerprint density at radius 3 is 2.55 bits per heavy atom. The molecule has 2 N–H and O–H groups in total. The lowest BCUT2D eigenvalue weighted by Gasteiger charge is -2.18. The molecule has 20 heavy (non-hydrogen) atoms. The molecule has 2 aromatic carbocycles. The zero-order valence-corrected chi connectivity index (χ0v) is 12.7. The summed E-state index contributed by atoms with van der Waals surface area (Å²) in [6, 6.07) is 14.3. The Kier molecular flexibility index (Phi) is 5.05. The van der Waals surface area contributed by atoms with Crippen LogP contribution in [-0.4, -0.2) is 13.7 Å². The lowest BCUT2D eigenvalue weighted by molar-refractivity contribution is 0.415. The van der Waals surface area contributed by atoms with E-state index in [1.54, 1.807) is 7.11 Å². The number of methoxy groups -OCH3 is 1. The summed E-state index contributed by atoms with van der Waals surface area (Å²) in [4.78, 5) is 0. The zero-order valence-electron chi connectivity index (χ0n) is 11.9. The highest BCUT2D eigenvalue weighted by Gasteiger charge is 2.13. The molecule has 3 heteroatoms. The maximum Gasteiger partial charge on any atom is 0.137 e. The fourth-order valence-corrected chi connectivity index (χ4v) is 2.77. The number of halogens is 1. The van der Waals surface area contributed by atoms with Gasteiger partial charge in [-0.3, -0.25) is 0 Å². The van der Waals surface area contributed by atoms with Crippen LogP contribution in [0.4, 0.5) is 0 Å². The van der Waals surface area contributed by atoms with Crippen molar-refractivity contribution in [2.24, 2.45) is 5.73 Å². The fourth-order valence-electron chi connectivity index (χ4n) is 2.49. The van der Waals surface area contributed by atoms with Crippen LogP contribution in [0.25, 0.3) is 0 Å². The molecule has 1 unspecified atom stereocenters. The lowest BCUT2D eigenvalue weighted by atomic mass is 9.89. The molecule has 0 spiro atoms. The van der Waals surface area contributed by atoms with E-state index < -0.39 is 0 Å². The third-order valence-corrected chi connectivity index (χ3v) is 3.91. The van der Waals surface area contributed by atoms with Crippen molar-refractivity contribution < 1.29 is 4.74 Å². The summed E-state index contributed by atoms with van der Waals surface area (Å²) in [5, 5.41) is 0.644. The first kappa shape index (κ1) is 14.9.